The Bertz CT molecular complexity index is 802. The number of carbonyl (C=O) groups is 3. The Morgan fingerprint density at radius 2 is 2.00 bits per heavy atom. The number of aldehydes is 1. The van der Waals surface area contributed by atoms with E-state index in [2.05, 4.69) is 15.6 Å². The molecule has 162 valence electrons. The molecule has 0 aromatic heterocycles. The first-order chi connectivity index (χ1) is 14.5. The molecule has 6 N–H and O–H groups in total. The minimum absolute atomic E-state index is 0.0279. The highest BCUT2D eigenvalue weighted by atomic mass is 16.2. The predicted octanol–water partition coefficient (Wildman–Crippen LogP) is -0.398. The third-order valence-corrected chi connectivity index (χ3v) is 5.63. The highest BCUT2D eigenvalue weighted by Crippen LogP contribution is 2.26. The van der Waals surface area contributed by atoms with E-state index < -0.39 is 18.1 Å². The lowest BCUT2D eigenvalue weighted by Gasteiger charge is -2.34. The number of hydrogen-bond donors (Lipinski definition) is 4. The molecule has 3 rings (SSSR count). The largest absolute Gasteiger partial charge is 0.370 e. The van der Waals surface area contributed by atoms with E-state index in [9.17, 15) is 14.4 Å². The first-order valence-corrected chi connectivity index (χ1v) is 10.4. The first-order valence-electron chi connectivity index (χ1n) is 10.4. The molecular formula is C21H30N6O3. The first kappa shape index (κ1) is 21.9. The normalized spacial score (nSPS) is 21.3. The molecule has 0 saturated carbocycles. The number of benzene rings is 1. The lowest BCUT2D eigenvalue weighted by atomic mass is 9.92. The summed E-state index contributed by atoms with van der Waals surface area (Å²) in [7, 11) is 0. The Morgan fingerprint density at radius 1 is 1.20 bits per heavy atom. The lowest BCUT2D eigenvalue weighted by Crippen LogP contribution is -2.55. The zero-order chi connectivity index (χ0) is 21.5. The van der Waals surface area contributed by atoms with Crippen molar-refractivity contribution in [3.8, 4) is 0 Å². The molecule has 1 unspecified atom stereocenters. The Kier molecular flexibility index (Phi) is 7.53. The molecule has 0 radical (unpaired) electrons. The average Bonchev–Trinajstić information content (AvgIpc) is 3.29. The van der Waals surface area contributed by atoms with Gasteiger partial charge in [0.15, 0.2) is 5.96 Å². The molecule has 2 amide bonds. The molecule has 0 bridgehead atoms. The van der Waals surface area contributed by atoms with Crippen molar-refractivity contribution in [1.82, 2.24) is 15.5 Å². The number of imide groups is 1. The van der Waals surface area contributed by atoms with Gasteiger partial charge in [-0.05, 0) is 49.8 Å². The van der Waals surface area contributed by atoms with Crippen molar-refractivity contribution >= 4 is 24.1 Å². The lowest BCUT2D eigenvalue weighted by molar-refractivity contribution is -0.152. The third-order valence-electron chi connectivity index (χ3n) is 5.63. The van der Waals surface area contributed by atoms with Gasteiger partial charge in [-0.2, -0.15) is 0 Å². The summed E-state index contributed by atoms with van der Waals surface area (Å²) in [5.74, 6) is -0.763. The zero-order valence-electron chi connectivity index (χ0n) is 17.0. The van der Waals surface area contributed by atoms with Crippen LogP contribution in [0.1, 0.15) is 42.9 Å². The number of rotatable bonds is 8. The highest BCUT2D eigenvalue weighted by Gasteiger charge is 2.39. The van der Waals surface area contributed by atoms with E-state index in [1.807, 2.05) is 24.3 Å². The molecule has 1 saturated heterocycles. The maximum atomic E-state index is 13.6. The number of fused-ring (bicyclic) bond motifs is 1. The van der Waals surface area contributed by atoms with Crippen molar-refractivity contribution < 1.29 is 14.4 Å². The third kappa shape index (κ3) is 5.03. The number of carbonyl (C=O) groups excluding carboxylic acids is 3. The van der Waals surface area contributed by atoms with Gasteiger partial charge in [-0.15, -0.1) is 0 Å². The van der Waals surface area contributed by atoms with E-state index in [-0.39, 0.29) is 17.8 Å². The molecule has 2 aliphatic heterocycles. The summed E-state index contributed by atoms with van der Waals surface area (Å²) in [4.78, 5) is 43.9. The SMILES string of the molecule is NC(N)=NCCC[C@@H](C=O)N(C(=O)C1NCCc2ccccc21)C(=O)[C@@H]1CCCN1. The molecule has 3 atom stereocenters. The summed E-state index contributed by atoms with van der Waals surface area (Å²) in [5.41, 5.74) is 12.6. The van der Waals surface area contributed by atoms with E-state index in [0.29, 0.717) is 38.6 Å². The van der Waals surface area contributed by atoms with Gasteiger partial charge in [-0.3, -0.25) is 19.5 Å². The van der Waals surface area contributed by atoms with Gasteiger partial charge in [0.2, 0.25) is 5.91 Å². The van der Waals surface area contributed by atoms with Gasteiger partial charge in [-0.1, -0.05) is 24.3 Å². The predicted molar refractivity (Wildman–Crippen MR) is 114 cm³/mol. The van der Waals surface area contributed by atoms with Crippen molar-refractivity contribution in [3.05, 3.63) is 35.4 Å². The van der Waals surface area contributed by atoms with Crippen molar-refractivity contribution in [2.75, 3.05) is 19.6 Å². The van der Waals surface area contributed by atoms with Crippen LogP contribution in [-0.4, -0.2) is 60.7 Å². The van der Waals surface area contributed by atoms with Crippen LogP contribution < -0.4 is 22.1 Å². The second kappa shape index (κ2) is 10.3. The van der Waals surface area contributed by atoms with Gasteiger partial charge in [0.1, 0.15) is 12.3 Å². The number of hydrogen-bond acceptors (Lipinski definition) is 6. The van der Waals surface area contributed by atoms with Gasteiger partial charge in [0.25, 0.3) is 5.91 Å². The van der Waals surface area contributed by atoms with Crippen LogP contribution in [0.2, 0.25) is 0 Å². The molecule has 0 spiro atoms. The molecule has 2 aliphatic rings. The summed E-state index contributed by atoms with van der Waals surface area (Å²) < 4.78 is 0. The number of nitrogens with two attached hydrogens (primary N) is 2. The van der Waals surface area contributed by atoms with E-state index in [1.165, 1.54) is 0 Å². The molecule has 9 heteroatoms. The number of nitrogens with zero attached hydrogens (tertiary/aromatic N) is 2. The molecular weight excluding hydrogens is 384 g/mol. The van der Waals surface area contributed by atoms with Crippen LogP contribution in [0.15, 0.2) is 29.3 Å². The Balaban J connectivity index is 1.85. The Morgan fingerprint density at radius 3 is 2.70 bits per heavy atom. The highest BCUT2D eigenvalue weighted by molar-refractivity contribution is 6.02. The monoisotopic (exact) mass is 414 g/mol. The minimum atomic E-state index is -0.863. The number of amides is 2. The maximum Gasteiger partial charge on any atom is 0.251 e. The standard InChI is InChI=1S/C21H30N6O3/c22-21(23)26-11-3-6-15(13-28)27(19(29)17-8-4-10-24-17)20(30)18-16-7-2-1-5-14(16)9-12-25-18/h1-2,5,7,13,15,17-18,24-25H,3-4,6,8-12H2,(H4,22,23,26)/t15-,17-,18?/m0/s1. The van der Waals surface area contributed by atoms with E-state index >= 15 is 0 Å². The van der Waals surface area contributed by atoms with Crippen molar-refractivity contribution in [3.63, 3.8) is 0 Å². The number of guanidine groups is 1. The van der Waals surface area contributed by atoms with Crippen LogP contribution in [0.4, 0.5) is 0 Å². The summed E-state index contributed by atoms with van der Waals surface area (Å²) in [6.07, 6.45) is 3.78. The second-order valence-electron chi connectivity index (χ2n) is 7.68. The zero-order valence-corrected chi connectivity index (χ0v) is 17.0. The molecule has 1 aromatic rings. The van der Waals surface area contributed by atoms with Crippen LogP contribution in [0.5, 0.6) is 0 Å². The van der Waals surface area contributed by atoms with Crippen LogP contribution >= 0.6 is 0 Å². The van der Waals surface area contributed by atoms with Crippen molar-refractivity contribution in [1.29, 1.82) is 0 Å². The van der Waals surface area contributed by atoms with E-state index in [0.717, 1.165) is 35.4 Å². The molecule has 0 aliphatic carbocycles. The number of nitrogens with one attached hydrogen (secondary N) is 2. The van der Waals surface area contributed by atoms with Crippen LogP contribution in [-0.2, 0) is 20.8 Å². The fraction of sp³-hybridized carbons (Fsp3) is 0.524. The molecule has 30 heavy (non-hydrogen) atoms. The van der Waals surface area contributed by atoms with Crippen molar-refractivity contribution in [2.24, 2.45) is 16.5 Å². The Labute approximate surface area is 176 Å². The smallest absolute Gasteiger partial charge is 0.251 e. The van der Waals surface area contributed by atoms with Crippen LogP contribution in [0.3, 0.4) is 0 Å². The fourth-order valence-corrected chi connectivity index (χ4v) is 4.13. The van der Waals surface area contributed by atoms with Gasteiger partial charge >= 0.3 is 0 Å². The molecule has 2 heterocycles. The van der Waals surface area contributed by atoms with Crippen LogP contribution in [0.25, 0.3) is 0 Å². The van der Waals surface area contributed by atoms with E-state index in [1.54, 1.807) is 0 Å². The van der Waals surface area contributed by atoms with Gasteiger partial charge in [0.05, 0.1) is 12.1 Å². The molecule has 1 fully saturated rings. The fourth-order valence-electron chi connectivity index (χ4n) is 4.13. The van der Waals surface area contributed by atoms with Gasteiger partial charge in [0, 0.05) is 13.1 Å². The summed E-state index contributed by atoms with van der Waals surface area (Å²) >= 11 is 0. The average molecular weight is 415 g/mol. The van der Waals surface area contributed by atoms with Crippen LogP contribution in [0, 0.1) is 0 Å². The number of aliphatic imine (C=N–C) groups is 1. The molecule has 9 nitrogen and oxygen atoms in total. The topological polar surface area (TPSA) is 143 Å². The maximum absolute atomic E-state index is 13.6. The van der Waals surface area contributed by atoms with Crippen molar-refractivity contribution in [2.45, 2.75) is 50.2 Å². The summed E-state index contributed by atoms with van der Waals surface area (Å²) in [5, 5.41) is 6.37. The Hall–Kier alpha value is -2.78. The van der Waals surface area contributed by atoms with Gasteiger partial charge in [-0.25, -0.2) is 0 Å². The summed E-state index contributed by atoms with van der Waals surface area (Å²) in [6, 6.07) is 5.74. The van der Waals surface area contributed by atoms with E-state index in [4.69, 9.17) is 11.5 Å². The summed E-state index contributed by atoms with van der Waals surface area (Å²) in [6.45, 7) is 1.68. The quantitative estimate of drug-likeness (QED) is 0.149. The second-order valence-corrected chi connectivity index (χ2v) is 7.68. The van der Waals surface area contributed by atoms with Gasteiger partial charge < -0.3 is 26.9 Å². The minimum Gasteiger partial charge on any atom is -0.370 e. The molecule has 1 aromatic carbocycles.